The van der Waals surface area contributed by atoms with Crippen molar-refractivity contribution in [2.75, 3.05) is 31.3 Å². The molecule has 0 spiro atoms. The lowest BCUT2D eigenvalue weighted by Crippen LogP contribution is -2.30. The highest BCUT2D eigenvalue weighted by Gasteiger charge is 2.29. The molecule has 0 saturated carbocycles. The summed E-state index contributed by atoms with van der Waals surface area (Å²) in [5, 5.41) is 3.35. The van der Waals surface area contributed by atoms with Crippen molar-refractivity contribution in [1.29, 1.82) is 0 Å². The summed E-state index contributed by atoms with van der Waals surface area (Å²) in [4.78, 5) is 31.3. The number of sulfone groups is 1. The molecular formula is C17H19N3O4S2. The smallest absolute Gasteiger partial charge is 0.224 e. The quantitative estimate of drug-likeness (QED) is 0.771. The van der Waals surface area contributed by atoms with Crippen LogP contribution in [-0.4, -0.2) is 51.5 Å². The fourth-order valence-electron chi connectivity index (χ4n) is 2.88. The number of aromatic nitrogens is 1. The highest BCUT2D eigenvalue weighted by atomic mass is 32.2. The molecule has 7 nitrogen and oxygen atoms in total. The van der Waals surface area contributed by atoms with Crippen molar-refractivity contribution in [1.82, 2.24) is 10.3 Å². The average molecular weight is 393 g/mol. The zero-order chi connectivity index (χ0) is 18.9. The van der Waals surface area contributed by atoms with Gasteiger partial charge in [0.05, 0.1) is 21.9 Å². The van der Waals surface area contributed by atoms with Crippen molar-refractivity contribution >= 4 is 38.0 Å². The van der Waals surface area contributed by atoms with Crippen LogP contribution in [0.3, 0.4) is 0 Å². The number of hydrogen-bond acceptors (Lipinski definition) is 7. The predicted octanol–water partition coefficient (Wildman–Crippen LogP) is 1.35. The Hall–Kier alpha value is -2.26. The minimum atomic E-state index is -3.38. The van der Waals surface area contributed by atoms with Crippen molar-refractivity contribution in [3.8, 4) is 0 Å². The summed E-state index contributed by atoms with van der Waals surface area (Å²) in [5.41, 5.74) is 0.313. The van der Waals surface area contributed by atoms with E-state index < -0.39 is 9.84 Å². The van der Waals surface area contributed by atoms with Gasteiger partial charge in [-0.3, -0.25) is 9.59 Å². The Morgan fingerprint density at radius 1 is 1.35 bits per heavy atom. The van der Waals surface area contributed by atoms with E-state index in [1.165, 1.54) is 29.7 Å². The molecule has 2 aromatic rings. The second-order valence-corrected chi connectivity index (χ2v) is 9.21. The second kappa shape index (κ2) is 7.16. The van der Waals surface area contributed by atoms with Gasteiger partial charge in [0.15, 0.2) is 15.0 Å². The summed E-state index contributed by atoms with van der Waals surface area (Å²) in [6, 6.07) is 6.00. The fourth-order valence-corrected chi connectivity index (χ4v) is 4.46. The van der Waals surface area contributed by atoms with Crippen LogP contribution in [0.2, 0.25) is 0 Å². The van der Waals surface area contributed by atoms with E-state index in [-0.39, 0.29) is 22.5 Å². The van der Waals surface area contributed by atoms with Gasteiger partial charge in [-0.25, -0.2) is 13.4 Å². The van der Waals surface area contributed by atoms with E-state index in [1.807, 2.05) is 4.90 Å². The molecular weight excluding hydrogens is 374 g/mol. The molecule has 0 radical (unpaired) electrons. The van der Waals surface area contributed by atoms with Crippen molar-refractivity contribution in [3.05, 3.63) is 40.9 Å². The van der Waals surface area contributed by atoms with Crippen LogP contribution in [0, 0.1) is 5.92 Å². The van der Waals surface area contributed by atoms with Crippen LogP contribution in [0.1, 0.15) is 21.7 Å². The lowest BCUT2D eigenvalue weighted by molar-refractivity contribution is -0.123. The third kappa shape index (κ3) is 3.78. The number of ketones is 1. The van der Waals surface area contributed by atoms with Gasteiger partial charge in [-0.05, 0) is 18.6 Å². The van der Waals surface area contributed by atoms with E-state index in [1.54, 1.807) is 19.2 Å². The molecule has 0 bridgehead atoms. The summed E-state index contributed by atoms with van der Waals surface area (Å²) in [6.07, 6.45) is 3.36. The van der Waals surface area contributed by atoms with Gasteiger partial charge in [0.1, 0.15) is 0 Å². The minimum absolute atomic E-state index is 0.0120. The Bertz CT molecular complexity index is 952. The molecule has 1 unspecified atom stereocenters. The van der Waals surface area contributed by atoms with Crippen LogP contribution in [0.25, 0.3) is 0 Å². The number of carbonyl (C=O) groups excluding carboxylic acids is 2. The second-order valence-electron chi connectivity index (χ2n) is 6.18. The first-order valence-corrected chi connectivity index (χ1v) is 10.8. The van der Waals surface area contributed by atoms with Crippen LogP contribution >= 0.6 is 11.3 Å². The van der Waals surface area contributed by atoms with Crippen LogP contribution in [-0.2, 0) is 14.6 Å². The molecule has 1 aromatic carbocycles. The number of thiazole rings is 1. The number of amides is 1. The summed E-state index contributed by atoms with van der Waals surface area (Å²) >= 11 is 1.25. The van der Waals surface area contributed by atoms with Gasteiger partial charge in [0.25, 0.3) is 0 Å². The maximum absolute atomic E-state index is 12.7. The fraction of sp³-hybridized carbons (Fsp3) is 0.353. The van der Waals surface area contributed by atoms with Gasteiger partial charge in [0, 0.05) is 32.0 Å². The van der Waals surface area contributed by atoms with E-state index in [0.29, 0.717) is 28.7 Å². The SMILES string of the molecule is CNC(=O)C1CCN(c2ncc(C(=O)c3cccc(S(C)(=O)=O)c3)s2)C1. The monoisotopic (exact) mass is 393 g/mol. The number of nitrogens with one attached hydrogen (secondary N) is 1. The normalized spacial score (nSPS) is 17.3. The lowest BCUT2D eigenvalue weighted by atomic mass is 10.1. The van der Waals surface area contributed by atoms with Gasteiger partial charge >= 0.3 is 0 Å². The molecule has 1 N–H and O–H groups in total. The highest BCUT2D eigenvalue weighted by molar-refractivity contribution is 7.90. The number of anilines is 1. The summed E-state index contributed by atoms with van der Waals surface area (Å²) in [5.74, 6) is -0.325. The Balaban J connectivity index is 1.78. The molecule has 0 aliphatic carbocycles. The largest absolute Gasteiger partial charge is 0.359 e. The number of benzene rings is 1. The van der Waals surface area contributed by atoms with Crippen LogP contribution in [0.5, 0.6) is 0 Å². The maximum atomic E-state index is 12.7. The molecule has 1 saturated heterocycles. The Kier molecular flexibility index (Phi) is 5.10. The Morgan fingerprint density at radius 3 is 2.81 bits per heavy atom. The lowest BCUT2D eigenvalue weighted by Gasteiger charge is -2.14. The molecule has 1 aromatic heterocycles. The van der Waals surface area contributed by atoms with Gasteiger partial charge in [-0.1, -0.05) is 23.5 Å². The zero-order valence-corrected chi connectivity index (χ0v) is 16.1. The first-order chi connectivity index (χ1) is 12.3. The van der Waals surface area contributed by atoms with E-state index in [9.17, 15) is 18.0 Å². The number of nitrogens with zero attached hydrogens (tertiary/aromatic N) is 2. The topological polar surface area (TPSA) is 96.4 Å². The van der Waals surface area contributed by atoms with Crippen molar-refractivity contribution in [2.24, 2.45) is 5.92 Å². The van der Waals surface area contributed by atoms with Crippen molar-refractivity contribution in [3.63, 3.8) is 0 Å². The molecule has 3 rings (SSSR count). The molecule has 1 atom stereocenters. The first kappa shape index (κ1) is 18.5. The highest BCUT2D eigenvalue weighted by Crippen LogP contribution is 2.29. The van der Waals surface area contributed by atoms with Gasteiger partial charge in [-0.2, -0.15) is 0 Å². The molecule has 2 heterocycles. The first-order valence-electron chi connectivity index (χ1n) is 8.07. The van der Waals surface area contributed by atoms with Gasteiger partial charge in [-0.15, -0.1) is 0 Å². The van der Waals surface area contributed by atoms with Crippen LogP contribution in [0.4, 0.5) is 5.13 Å². The van der Waals surface area contributed by atoms with E-state index >= 15 is 0 Å². The minimum Gasteiger partial charge on any atom is -0.359 e. The molecule has 1 amide bonds. The van der Waals surface area contributed by atoms with Crippen LogP contribution in [0.15, 0.2) is 35.4 Å². The third-order valence-corrected chi connectivity index (χ3v) is 6.48. The molecule has 26 heavy (non-hydrogen) atoms. The van der Waals surface area contributed by atoms with Gasteiger partial charge < -0.3 is 10.2 Å². The maximum Gasteiger partial charge on any atom is 0.224 e. The number of carbonyl (C=O) groups is 2. The Labute approximate surface area is 156 Å². The molecule has 1 fully saturated rings. The van der Waals surface area contributed by atoms with Gasteiger partial charge in [0.2, 0.25) is 11.7 Å². The summed E-state index contributed by atoms with van der Waals surface area (Å²) in [6.45, 7) is 1.28. The molecule has 9 heteroatoms. The number of hydrogen-bond donors (Lipinski definition) is 1. The van der Waals surface area contributed by atoms with E-state index in [2.05, 4.69) is 10.3 Å². The van der Waals surface area contributed by atoms with E-state index in [4.69, 9.17) is 0 Å². The molecule has 1 aliphatic rings. The number of rotatable bonds is 5. The summed E-state index contributed by atoms with van der Waals surface area (Å²) in [7, 11) is -1.76. The molecule has 1 aliphatic heterocycles. The van der Waals surface area contributed by atoms with Crippen molar-refractivity contribution < 1.29 is 18.0 Å². The third-order valence-electron chi connectivity index (χ3n) is 4.32. The van der Waals surface area contributed by atoms with Crippen molar-refractivity contribution in [2.45, 2.75) is 11.3 Å². The predicted molar refractivity (Wildman–Crippen MR) is 99.5 cm³/mol. The Morgan fingerprint density at radius 2 is 2.12 bits per heavy atom. The average Bonchev–Trinajstić information content (AvgIpc) is 3.29. The zero-order valence-electron chi connectivity index (χ0n) is 14.4. The van der Waals surface area contributed by atoms with Crippen LogP contribution < -0.4 is 10.2 Å². The van der Waals surface area contributed by atoms with E-state index in [0.717, 1.165) is 12.7 Å². The molecule has 138 valence electrons. The standard InChI is InChI=1S/C17H19N3O4S2/c1-18-16(22)12-6-7-20(10-12)17-19-9-14(25-17)15(21)11-4-3-5-13(8-11)26(2,23)24/h3-5,8-9,12H,6-7,10H2,1-2H3,(H,18,22). The summed E-state index contributed by atoms with van der Waals surface area (Å²) < 4.78 is 23.3.